The van der Waals surface area contributed by atoms with Crippen molar-refractivity contribution in [2.45, 2.75) is 109 Å². The molecule has 0 fully saturated rings. The maximum Gasteiger partial charge on any atom is 0.479 e. The number of anilines is 1. The average Bonchev–Trinajstić information content (AvgIpc) is 2.94. The first kappa shape index (κ1) is 39.6. The van der Waals surface area contributed by atoms with Crippen molar-refractivity contribution in [2.24, 2.45) is 0 Å². The number of nitrogens with zero attached hydrogens (tertiary/aromatic N) is 2. The molecule has 0 saturated carbocycles. The molecule has 0 bridgehead atoms. The number of ether oxygens (including phenoxy) is 2. The summed E-state index contributed by atoms with van der Waals surface area (Å²) < 4.78 is 45.0. The number of aromatic nitrogens is 2. The third-order valence-electron chi connectivity index (χ3n) is 6.49. The van der Waals surface area contributed by atoms with Crippen molar-refractivity contribution >= 4 is 21.2 Å². The number of phosphoric acid groups is 1. The first-order chi connectivity index (χ1) is 20.6. The zero-order chi connectivity index (χ0) is 31.8. The highest BCUT2D eigenvalue weighted by Gasteiger charge is 2.34. The van der Waals surface area contributed by atoms with Crippen LogP contribution in [0.4, 0.5) is 5.82 Å². The molecule has 13 nitrogen and oxygen atoms in total. The van der Waals surface area contributed by atoms with Crippen LogP contribution in [0.15, 0.2) is 29.2 Å². The highest BCUT2D eigenvalue weighted by Crippen LogP contribution is 2.59. The lowest BCUT2D eigenvalue weighted by Crippen LogP contribution is -2.32. The lowest BCUT2D eigenvalue weighted by atomic mass is 10.1. The number of phosphoric ester groups is 1. The Balaban J connectivity index is 2.06. The quantitative estimate of drug-likeness (QED) is 0.0503. The normalized spacial score (nSPS) is 15.4. The van der Waals surface area contributed by atoms with Gasteiger partial charge >= 0.3 is 21.1 Å². The molecule has 2 unspecified atom stereocenters. The number of aliphatic hydroxyl groups excluding tert-OH is 1. The SMILES string of the molecule is CCCCCCCCC=CCCCCCCCCOCCOP(=O)(O)OP(=O)(O)CO[C@H](CO)Cn1ccc(N)nc1=O. The van der Waals surface area contributed by atoms with Crippen LogP contribution in [0.25, 0.3) is 0 Å². The second kappa shape index (κ2) is 23.9. The molecule has 1 heterocycles. The summed E-state index contributed by atoms with van der Waals surface area (Å²) in [7, 11) is -9.62. The standard InChI is InChI=1S/C28H53N3O10P2/c1-2-3-4-5-6-7-8-9-10-11-12-13-14-15-16-17-20-38-21-22-40-43(36,37)41-42(34,35)25-39-26(24-32)23-31-19-18-27(29)30-28(31)33/h9-10,18-19,26,32H,2-8,11-17,20-25H2,1H3,(H,34,35)(H,36,37)(H2,29,30,33)/t26-/m0/s1. The number of unbranched alkanes of at least 4 members (excludes halogenated alkanes) is 12. The van der Waals surface area contributed by atoms with Crippen LogP contribution in [-0.4, -0.2) is 63.3 Å². The van der Waals surface area contributed by atoms with E-state index in [1.165, 1.54) is 76.5 Å². The van der Waals surface area contributed by atoms with Crippen molar-refractivity contribution in [1.29, 1.82) is 0 Å². The molecule has 1 rings (SSSR count). The molecule has 0 saturated heterocycles. The fourth-order valence-electron chi connectivity index (χ4n) is 4.14. The van der Waals surface area contributed by atoms with Gasteiger partial charge in [0.2, 0.25) is 0 Å². The Morgan fingerprint density at radius 2 is 1.53 bits per heavy atom. The molecule has 43 heavy (non-hydrogen) atoms. The van der Waals surface area contributed by atoms with Crippen LogP contribution in [0.1, 0.15) is 96.8 Å². The third-order valence-corrected chi connectivity index (χ3v) is 9.32. The Bertz CT molecular complexity index is 1040. The van der Waals surface area contributed by atoms with Crippen LogP contribution in [0, 0.1) is 0 Å². The van der Waals surface area contributed by atoms with Gasteiger partial charge < -0.3 is 30.1 Å². The highest BCUT2D eigenvalue weighted by atomic mass is 31.3. The van der Waals surface area contributed by atoms with Gasteiger partial charge in [-0.2, -0.15) is 4.98 Å². The molecule has 0 spiro atoms. The highest BCUT2D eigenvalue weighted by molar-refractivity contribution is 7.63. The molecular formula is C28H53N3O10P2. The van der Waals surface area contributed by atoms with Gasteiger partial charge in [-0.05, 0) is 38.2 Å². The molecule has 0 aliphatic rings. The van der Waals surface area contributed by atoms with Crippen molar-refractivity contribution in [3.63, 3.8) is 0 Å². The van der Waals surface area contributed by atoms with E-state index in [1.54, 1.807) is 0 Å². The smallest absolute Gasteiger partial charge is 0.394 e. The maximum absolute atomic E-state index is 12.2. The summed E-state index contributed by atoms with van der Waals surface area (Å²) in [6.07, 6.45) is 20.8. The zero-order valence-electron chi connectivity index (χ0n) is 25.6. The second-order valence-corrected chi connectivity index (χ2v) is 13.8. The van der Waals surface area contributed by atoms with Gasteiger partial charge in [-0.15, -0.1) is 0 Å². The number of hydrogen-bond acceptors (Lipinski definition) is 10. The van der Waals surface area contributed by atoms with Crippen LogP contribution in [0.3, 0.4) is 0 Å². The molecule has 15 heteroatoms. The van der Waals surface area contributed by atoms with E-state index in [2.05, 4.69) is 28.4 Å². The summed E-state index contributed by atoms with van der Waals surface area (Å²) in [4.78, 5) is 35.0. The van der Waals surface area contributed by atoms with Gasteiger partial charge in [-0.1, -0.05) is 76.9 Å². The molecule has 0 aromatic carbocycles. The van der Waals surface area contributed by atoms with Crippen molar-refractivity contribution in [3.05, 3.63) is 34.9 Å². The van der Waals surface area contributed by atoms with Gasteiger partial charge in [0.25, 0.3) is 0 Å². The van der Waals surface area contributed by atoms with E-state index in [0.29, 0.717) is 6.61 Å². The maximum atomic E-state index is 12.2. The van der Waals surface area contributed by atoms with Gasteiger partial charge in [0.05, 0.1) is 32.5 Å². The summed E-state index contributed by atoms with van der Waals surface area (Å²) in [6.45, 7) is 1.60. The second-order valence-electron chi connectivity index (χ2n) is 10.5. The van der Waals surface area contributed by atoms with E-state index in [9.17, 15) is 28.8 Å². The third kappa shape index (κ3) is 21.9. The molecule has 1 aromatic heterocycles. The topological polar surface area (TPSA) is 193 Å². The molecule has 0 radical (unpaired) electrons. The fraction of sp³-hybridized carbons (Fsp3) is 0.786. The summed E-state index contributed by atoms with van der Waals surface area (Å²) >= 11 is 0. The van der Waals surface area contributed by atoms with E-state index in [-0.39, 0.29) is 25.6 Å². The van der Waals surface area contributed by atoms with Crippen molar-refractivity contribution < 1.29 is 42.3 Å². The number of nitrogens with two attached hydrogens (primary N) is 1. The van der Waals surface area contributed by atoms with E-state index in [1.807, 2.05) is 0 Å². The van der Waals surface area contributed by atoms with Gasteiger partial charge in [-0.25, -0.2) is 13.7 Å². The molecule has 3 atom stereocenters. The Morgan fingerprint density at radius 1 is 0.930 bits per heavy atom. The monoisotopic (exact) mass is 653 g/mol. The minimum absolute atomic E-state index is 0.0125. The number of aliphatic hydroxyl groups is 1. The van der Waals surface area contributed by atoms with Crippen molar-refractivity contribution in [3.8, 4) is 0 Å². The van der Waals surface area contributed by atoms with E-state index < -0.39 is 40.2 Å². The summed E-state index contributed by atoms with van der Waals surface area (Å²) in [5.41, 5.74) is 4.72. The Hall–Kier alpha value is -1.40. The molecule has 0 aliphatic heterocycles. The van der Waals surface area contributed by atoms with Crippen LogP contribution < -0.4 is 11.4 Å². The number of nitrogen functional groups attached to an aromatic ring is 1. The van der Waals surface area contributed by atoms with Crippen LogP contribution in [-0.2, 0) is 34.0 Å². The molecule has 5 N–H and O–H groups in total. The minimum atomic E-state index is -4.88. The average molecular weight is 654 g/mol. The van der Waals surface area contributed by atoms with Gasteiger partial charge in [0.1, 0.15) is 12.2 Å². The first-order valence-corrected chi connectivity index (χ1v) is 18.6. The van der Waals surface area contributed by atoms with Crippen LogP contribution >= 0.6 is 15.4 Å². The first-order valence-electron chi connectivity index (χ1n) is 15.4. The summed E-state index contributed by atoms with van der Waals surface area (Å²) in [6, 6.07) is 1.36. The van der Waals surface area contributed by atoms with Gasteiger partial charge in [0.15, 0.2) is 0 Å². The summed E-state index contributed by atoms with van der Waals surface area (Å²) in [5.74, 6) is 0.0125. The fourth-order valence-corrected chi connectivity index (χ4v) is 6.51. The van der Waals surface area contributed by atoms with Crippen molar-refractivity contribution in [1.82, 2.24) is 9.55 Å². The van der Waals surface area contributed by atoms with Crippen molar-refractivity contribution in [2.75, 3.05) is 38.5 Å². The van der Waals surface area contributed by atoms with E-state index >= 15 is 0 Å². The summed E-state index contributed by atoms with van der Waals surface area (Å²) in [5, 5.41) is 9.45. The molecule has 1 aromatic rings. The van der Waals surface area contributed by atoms with Gasteiger partial charge in [-0.3, -0.25) is 13.7 Å². The van der Waals surface area contributed by atoms with Gasteiger partial charge in [0, 0.05) is 12.8 Å². The lowest BCUT2D eigenvalue weighted by molar-refractivity contribution is 0.0182. The predicted molar refractivity (Wildman–Crippen MR) is 167 cm³/mol. The number of hydrogen-bond donors (Lipinski definition) is 4. The Labute approximate surface area is 256 Å². The molecule has 250 valence electrons. The molecular weight excluding hydrogens is 600 g/mol. The molecule has 0 amide bonds. The Kier molecular flexibility index (Phi) is 22.0. The number of allylic oxidation sites excluding steroid dienone is 2. The minimum Gasteiger partial charge on any atom is -0.394 e. The van der Waals surface area contributed by atoms with E-state index in [0.717, 1.165) is 30.3 Å². The lowest BCUT2D eigenvalue weighted by Gasteiger charge is -2.20. The number of rotatable bonds is 28. The zero-order valence-corrected chi connectivity index (χ0v) is 27.4. The predicted octanol–water partition coefficient (Wildman–Crippen LogP) is 5.53. The van der Waals surface area contributed by atoms with Crippen LogP contribution in [0.5, 0.6) is 0 Å². The van der Waals surface area contributed by atoms with Crippen LogP contribution in [0.2, 0.25) is 0 Å². The molecule has 0 aliphatic carbocycles. The van der Waals surface area contributed by atoms with E-state index in [4.69, 9.17) is 19.7 Å². The largest absolute Gasteiger partial charge is 0.479 e. The Morgan fingerprint density at radius 3 is 2.14 bits per heavy atom.